The molecule has 0 bridgehead atoms. The summed E-state index contributed by atoms with van der Waals surface area (Å²) in [5.74, 6) is -0.579. The van der Waals surface area contributed by atoms with Gasteiger partial charge in [0.2, 0.25) is 0 Å². The average Bonchev–Trinajstić information content (AvgIpc) is 2.29. The number of rotatable bonds is 4. The lowest BCUT2D eigenvalue weighted by atomic mass is 9.91. The molecule has 0 saturated carbocycles. The molecule has 0 aromatic carbocycles. The summed E-state index contributed by atoms with van der Waals surface area (Å²) in [4.78, 5) is 35.5. The molecule has 2 amide bonds. The van der Waals surface area contributed by atoms with Crippen LogP contribution in [0.5, 0.6) is 0 Å². The van der Waals surface area contributed by atoms with Crippen LogP contribution in [0.25, 0.3) is 0 Å². The van der Waals surface area contributed by atoms with Gasteiger partial charge < -0.3 is 0 Å². The van der Waals surface area contributed by atoms with Crippen LogP contribution in [0.4, 0.5) is 0 Å². The Morgan fingerprint density at radius 2 is 1.11 bits per heavy atom. The molecule has 104 valence electrons. The monoisotopic (exact) mass is 258 g/mol. The van der Waals surface area contributed by atoms with Gasteiger partial charge in [-0.1, -0.05) is 0 Å². The molecule has 0 unspecified atom stereocenters. The van der Waals surface area contributed by atoms with Gasteiger partial charge in [0.25, 0.3) is 11.8 Å². The predicted octanol–water partition coefficient (Wildman–Crippen LogP) is 1.12. The van der Waals surface area contributed by atoms with Gasteiger partial charge in [-0.15, -0.1) is 0 Å². The fourth-order valence-corrected chi connectivity index (χ4v) is 1.88. The third-order valence-electron chi connectivity index (χ3n) is 2.95. The minimum atomic E-state index is -1.07. The molecular formula is C12H22N2O4. The molecule has 1 aliphatic rings. The Kier molecular flexibility index (Phi) is 4.02. The summed E-state index contributed by atoms with van der Waals surface area (Å²) in [6.45, 7) is 10.8. The number of carbonyl (C=O) groups is 2. The van der Waals surface area contributed by atoms with Gasteiger partial charge >= 0.3 is 0 Å². The smallest absolute Gasteiger partial charge is 0.270 e. The van der Waals surface area contributed by atoms with Crippen molar-refractivity contribution in [3.63, 3.8) is 0 Å². The first-order chi connectivity index (χ1) is 8.21. The second kappa shape index (κ2) is 4.85. The largest absolute Gasteiger partial charge is 0.275 e. The van der Waals surface area contributed by atoms with Gasteiger partial charge in [-0.3, -0.25) is 19.3 Å². The van der Waals surface area contributed by atoms with Crippen LogP contribution in [-0.4, -0.2) is 46.2 Å². The van der Waals surface area contributed by atoms with Gasteiger partial charge in [-0.25, -0.2) is 10.1 Å². The molecule has 1 rings (SSSR count). The van der Waals surface area contributed by atoms with Gasteiger partial charge in [-0.2, -0.15) is 0 Å². The van der Waals surface area contributed by atoms with Crippen molar-refractivity contribution in [2.45, 2.75) is 52.6 Å². The van der Waals surface area contributed by atoms with Crippen LogP contribution in [0.3, 0.4) is 0 Å². The van der Waals surface area contributed by atoms with E-state index in [-0.39, 0.29) is 11.8 Å². The van der Waals surface area contributed by atoms with Gasteiger partial charge in [0, 0.05) is 0 Å². The molecule has 0 N–H and O–H groups in total. The number of amides is 2. The van der Waals surface area contributed by atoms with E-state index >= 15 is 0 Å². The van der Waals surface area contributed by atoms with Gasteiger partial charge in [0.1, 0.15) is 11.1 Å². The number of hydroxylamine groups is 4. The summed E-state index contributed by atoms with van der Waals surface area (Å²) in [6.07, 6.45) is 0. The Labute approximate surface area is 108 Å². The fraction of sp³-hybridized carbons (Fsp3) is 0.833. The number of hydrogen-bond donors (Lipinski definition) is 0. The minimum Gasteiger partial charge on any atom is -0.270 e. The summed E-state index contributed by atoms with van der Waals surface area (Å²) in [7, 11) is 0. The molecule has 0 aromatic heterocycles. The Morgan fingerprint density at radius 3 is 1.33 bits per heavy atom. The Balaban J connectivity index is 3.19. The zero-order valence-corrected chi connectivity index (χ0v) is 11.9. The van der Waals surface area contributed by atoms with E-state index in [1.165, 1.54) is 0 Å². The van der Waals surface area contributed by atoms with E-state index in [4.69, 9.17) is 9.68 Å². The van der Waals surface area contributed by atoms with Crippen molar-refractivity contribution in [2.75, 3.05) is 13.2 Å². The standard InChI is InChI=1S/C12H22N2O4/c1-7-17-13-9(15)12(5,6)14(18-8-2)10(16)11(13,3)4/h7-8H2,1-6H3. The average molecular weight is 258 g/mol. The molecule has 0 aromatic rings. The van der Waals surface area contributed by atoms with Crippen molar-refractivity contribution in [1.29, 1.82) is 0 Å². The summed E-state index contributed by atoms with van der Waals surface area (Å²) < 4.78 is 0. The normalized spacial score (nSPS) is 22.6. The molecule has 0 radical (unpaired) electrons. The molecule has 0 aliphatic carbocycles. The first-order valence-corrected chi connectivity index (χ1v) is 6.16. The first-order valence-electron chi connectivity index (χ1n) is 6.16. The quantitative estimate of drug-likeness (QED) is 0.758. The van der Waals surface area contributed by atoms with E-state index in [0.717, 1.165) is 10.1 Å². The van der Waals surface area contributed by atoms with Gasteiger partial charge in [0.05, 0.1) is 13.2 Å². The highest BCUT2D eigenvalue weighted by Crippen LogP contribution is 2.33. The maximum atomic E-state index is 12.4. The van der Waals surface area contributed by atoms with Crippen LogP contribution < -0.4 is 0 Å². The summed E-state index contributed by atoms with van der Waals surface area (Å²) in [5, 5.41) is 2.32. The fourth-order valence-electron chi connectivity index (χ4n) is 1.88. The number of hydrogen-bond acceptors (Lipinski definition) is 4. The second-order valence-corrected chi connectivity index (χ2v) is 5.15. The van der Waals surface area contributed by atoms with E-state index in [1.54, 1.807) is 41.5 Å². The topological polar surface area (TPSA) is 59.1 Å². The Hall–Kier alpha value is -1.14. The zero-order chi connectivity index (χ0) is 14.1. The molecular weight excluding hydrogens is 236 g/mol. The SMILES string of the molecule is CCON1C(=O)C(C)(C)N(OCC)C(=O)C1(C)C. The first kappa shape index (κ1) is 14.9. The number of nitrogens with zero attached hydrogens (tertiary/aromatic N) is 2. The van der Waals surface area contributed by atoms with Crippen molar-refractivity contribution in [3.8, 4) is 0 Å². The number of piperazine rings is 1. The molecule has 1 aliphatic heterocycles. The third kappa shape index (κ3) is 2.10. The van der Waals surface area contributed by atoms with E-state index in [1.807, 2.05) is 0 Å². The predicted molar refractivity (Wildman–Crippen MR) is 65.1 cm³/mol. The van der Waals surface area contributed by atoms with Gasteiger partial charge in [-0.05, 0) is 41.5 Å². The molecule has 6 heteroatoms. The van der Waals surface area contributed by atoms with E-state index in [0.29, 0.717) is 13.2 Å². The maximum Gasteiger partial charge on any atom is 0.275 e. The zero-order valence-electron chi connectivity index (χ0n) is 11.9. The van der Waals surface area contributed by atoms with Crippen molar-refractivity contribution >= 4 is 11.8 Å². The molecule has 6 nitrogen and oxygen atoms in total. The lowest BCUT2D eigenvalue weighted by Crippen LogP contribution is -2.72. The lowest BCUT2D eigenvalue weighted by Gasteiger charge is -2.50. The Morgan fingerprint density at radius 1 is 0.833 bits per heavy atom. The molecule has 18 heavy (non-hydrogen) atoms. The van der Waals surface area contributed by atoms with E-state index in [2.05, 4.69) is 0 Å². The van der Waals surface area contributed by atoms with Crippen LogP contribution in [0.1, 0.15) is 41.5 Å². The molecule has 0 atom stereocenters. The van der Waals surface area contributed by atoms with Gasteiger partial charge in [0.15, 0.2) is 0 Å². The number of carbonyl (C=O) groups excluding carboxylic acids is 2. The Bertz CT molecular complexity index is 318. The van der Waals surface area contributed by atoms with Crippen molar-refractivity contribution in [1.82, 2.24) is 10.1 Å². The van der Waals surface area contributed by atoms with Crippen molar-refractivity contribution < 1.29 is 19.3 Å². The summed E-state index contributed by atoms with van der Waals surface area (Å²) in [5.41, 5.74) is -2.14. The highest BCUT2D eigenvalue weighted by Gasteiger charge is 2.57. The van der Waals surface area contributed by atoms with Crippen LogP contribution >= 0.6 is 0 Å². The highest BCUT2D eigenvalue weighted by atomic mass is 16.7. The highest BCUT2D eigenvalue weighted by molar-refractivity contribution is 6.00. The maximum absolute atomic E-state index is 12.4. The lowest BCUT2D eigenvalue weighted by molar-refractivity contribution is -0.279. The molecule has 1 fully saturated rings. The summed E-state index contributed by atoms with van der Waals surface area (Å²) >= 11 is 0. The summed E-state index contributed by atoms with van der Waals surface area (Å²) in [6, 6.07) is 0. The van der Waals surface area contributed by atoms with Crippen molar-refractivity contribution in [2.24, 2.45) is 0 Å². The van der Waals surface area contributed by atoms with Crippen LogP contribution in [0, 0.1) is 0 Å². The molecule has 0 spiro atoms. The third-order valence-corrected chi connectivity index (χ3v) is 2.95. The van der Waals surface area contributed by atoms with E-state index < -0.39 is 11.1 Å². The van der Waals surface area contributed by atoms with E-state index in [9.17, 15) is 9.59 Å². The molecule has 1 saturated heterocycles. The molecule has 1 heterocycles. The van der Waals surface area contributed by atoms with Crippen LogP contribution in [-0.2, 0) is 19.3 Å². The van der Waals surface area contributed by atoms with Crippen LogP contribution in [0.2, 0.25) is 0 Å². The second-order valence-electron chi connectivity index (χ2n) is 5.15. The van der Waals surface area contributed by atoms with Crippen LogP contribution in [0.15, 0.2) is 0 Å². The minimum absolute atomic E-state index is 0.289. The van der Waals surface area contributed by atoms with Crippen molar-refractivity contribution in [3.05, 3.63) is 0 Å².